The summed E-state index contributed by atoms with van der Waals surface area (Å²) < 4.78 is 13.2. The van der Waals surface area contributed by atoms with Gasteiger partial charge in [0.2, 0.25) is 0 Å². The van der Waals surface area contributed by atoms with Crippen molar-refractivity contribution in [1.82, 2.24) is 0 Å². The van der Waals surface area contributed by atoms with E-state index in [2.05, 4.69) is 9.48 Å². The summed E-state index contributed by atoms with van der Waals surface area (Å²) in [6, 6.07) is 15.7. The Morgan fingerprint density at radius 1 is 0.964 bits per heavy atom. The Bertz CT molecular complexity index is 853. The van der Waals surface area contributed by atoms with Crippen LogP contribution in [0.2, 0.25) is 0 Å². The monoisotopic (exact) mass is 447 g/mol. The van der Waals surface area contributed by atoms with Crippen molar-refractivity contribution in [2.24, 2.45) is 0 Å². The van der Waals surface area contributed by atoms with Crippen LogP contribution in [0.5, 0.6) is 11.5 Å². The first-order chi connectivity index (χ1) is 13.2. The van der Waals surface area contributed by atoms with Crippen LogP contribution in [0.3, 0.4) is 0 Å². The second kappa shape index (κ2) is 8.53. The highest BCUT2D eigenvalue weighted by Crippen LogP contribution is 2.41. The van der Waals surface area contributed by atoms with Crippen LogP contribution in [-0.4, -0.2) is 42.8 Å². The second-order valence-corrected chi connectivity index (χ2v) is 7.20. The maximum Gasteiger partial charge on any atom is 0.279 e. The van der Waals surface area contributed by atoms with Crippen molar-refractivity contribution in [3.05, 3.63) is 54.1 Å². The molecular formula is C22H28BrN2O3+. The number of para-hydroxylation sites is 1. The van der Waals surface area contributed by atoms with Crippen molar-refractivity contribution in [3.8, 4) is 11.5 Å². The molecule has 2 aromatic carbocycles. The summed E-state index contributed by atoms with van der Waals surface area (Å²) in [5, 5.41) is 12.0. The number of amidine groups is 1. The Morgan fingerprint density at radius 3 is 2.43 bits per heavy atom. The summed E-state index contributed by atoms with van der Waals surface area (Å²) in [5.74, 6) is 2.70. The molecular weight excluding hydrogens is 420 g/mol. The topological polar surface area (TPSA) is 44.9 Å². The molecule has 0 spiro atoms. The fraction of sp³-hybridized carbons (Fsp3) is 0.409. The van der Waals surface area contributed by atoms with E-state index in [0.29, 0.717) is 12.3 Å². The lowest BCUT2D eigenvalue weighted by molar-refractivity contribution is -0.534. The van der Waals surface area contributed by atoms with Crippen LogP contribution in [0.15, 0.2) is 48.5 Å². The summed E-state index contributed by atoms with van der Waals surface area (Å²) >= 11 is 0. The molecule has 28 heavy (non-hydrogen) atoms. The average molecular weight is 448 g/mol. The molecule has 0 radical (unpaired) electrons. The van der Waals surface area contributed by atoms with Crippen LogP contribution in [0, 0.1) is 0 Å². The molecule has 0 fully saturated rings. The van der Waals surface area contributed by atoms with Gasteiger partial charge in [-0.2, -0.15) is 4.90 Å². The van der Waals surface area contributed by atoms with E-state index in [1.54, 1.807) is 14.2 Å². The molecule has 0 aliphatic carbocycles. The van der Waals surface area contributed by atoms with Crippen molar-refractivity contribution in [2.75, 3.05) is 32.2 Å². The minimum atomic E-state index is -1.17. The molecule has 2 heterocycles. The summed E-state index contributed by atoms with van der Waals surface area (Å²) in [6.07, 6.45) is 4.48. The van der Waals surface area contributed by atoms with Crippen molar-refractivity contribution in [3.63, 3.8) is 0 Å². The van der Waals surface area contributed by atoms with Crippen molar-refractivity contribution >= 4 is 28.5 Å². The summed E-state index contributed by atoms with van der Waals surface area (Å²) in [7, 11) is 3.32. The number of methoxy groups -OCH3 is 2. The van der Waals surface area contributed by atoms with E-state index in [4.69, 9.17) is 9.47 Å². The van der Waals surface area contributed by atoms with Crippen LogP contribution in [0.4, 0.5) is 5.69 Å². The van der Waals surface area contributed by atoms with Gasteiger partial charge in [-0.05, 0) is 55.7 Å². The first kappa shape index (κ1) is 20.7. The minimum absolute atomic E-state index is 0. The highest BCUT2D eigenvalue weighted by molar-refractivity contribution is 8.93. The van der Waals surface area contributed by atoms with E-state index in [0.717, 1.165) is 42.8 Å². The Labute approximate surface area is 177 Å². The van der Waals surface area contributed by atoms with E-state index in [-0.39, 0.29) is 17.0 Å². The standard InChI is InChI=1S/C22H27N2O3.BrH/c1-26-18-13-11-17(12-14-18)24-21-10-4-3-7-15-23(21)16-22(24,25)19-8-5-6-9-20(19)27-2;/h5-6,8-9,11-14,25H,3-4,7,10,15-16H2,1-2H3;1H/q+1;. The van der Waals surface area contributed by atoms with Gasteiger partial charge in [0.15, 0.2) is 6.54 Å². The number of nitrogens with zero attached hydrogens (tertiary/aromatic N) is 2. The van der Waals surface area contributed by atoms with Gasteiger partial charge in [-0.1, -0.05) is 12.1 Å². The average Bonchev–Trinajstić information content (AvgIpc) is 2.84. The smallest absolute Gasteiger partial charge is 0.279 e. The number of hydrogen-bond acceptors (Lipinski definition) is 4. The molecule has 6 heteroatoms. The summed E-state index contributed by atoms with van der Waals surface area (Å²) in [4.78, 5) is 2.09. The Kier molecular flexibility index (Phi) is 6.30. The number of halogens is 1. The van der Waals surface area contributed by atoms with E-state index >= 15 is 0 Å². The first-order valence-corrected chi connectivity index (χ1v) is 9.58. The lowest BCUT2D eigenvalue weighted by atomic mass is 9.98. The molecule has 0 bridgehead atoms. The van der Waals surface area contributed by atoms with E-state index < -0.39 is 5.72 Å². The number of anilines is 1. The van der Waals surface area contributed by atoms with Gasteiger partial charge in [0.1, 0.15) is 17.2 Å². The van der Waals surface area contributed by atoms with Gasteiger partial charge in [0.25, 0.3) is 11.6 Å². The third-order valence-corrected chi connectivity index (χ3v) is 5.60. The molecule has 0 amide bonds. The fourth-order valence-electron chi connectivity index (χ4n) is 4.30. The lowest BCUT2D eigenvalue weighted by Gasteiger charge is -2.30. The molecule has 2 aliphatic rings. The molecule has 0 saturated carbocycles. The fourth-order valence-corrected chi connectivity index (χ4v) is 4.30. The Hall–Kier alpha value is -2.05. The van der Waals surface area contributed by atoms with E-state index in [1.807, 2.05) is 48.5 Å². The maximum absolute atomic E-state index is 12.0. The molecule has 1 N–H and O–H groups in total. The van der Waals surface area contributed by atoms with Crippen LogP contribution >= 0.6 is 17.0 Å². The highest BCUT2D eigenvalue weighted by Gasteiger charge is 2.55. The quantitative estimate of drug-likeness (QED) is 0.721. The minimum Gasteiger partial charge on any atom is -0.497 e. The molecule has 150 valence electrons. The van der Waals surface area contributed by atoms with Gasteiger partial charge < -0.3 is 14.6 Å². The zero-order chi connectivity index (χ0) is 18.9. The van der Waals surface area contributed by atoms with Gasteiger partial charge in [0.05, 0.1) is 26.3 Å². The predicted molar refractivity (Wildman–Crippen MR) is 116 cm³/mol. The third kappa shape index (κ3) is 3.51. The Morgan fingerprint density at radius 2 is 1.71 bits per heavy atom. The molecule has 2 aromatic rings. The van der Waals surface area contributed by atoms with Crippen molar-refractivity contribution in [1.29, 1.82) is 0 Å². The van der Waals surface area contributed by atoms with E-state index in [9.17, 15) is 5.11 Å². The maximum atomic E-state index is 12.0. The van der Waals surface area contributed by atoms with Crippen LogP contribution in [0.1, 0.15) is 31.2 Å². The van der Waals surface area contributed by atoms with Gasteiger partial charge >= 0.3 is 0 Å². The van der Waals surface area contributed by atoms with Gasteiger partial charge in [0, 0.05) is 6.42 Å². The van der Waals surface area contributed by atoms with Crippen LogP contribution in [-0.2, 0) is 5.72 Å². The largest absolute Gasteiger partial charge is 0.497 e. The number of benzene rings is 2. The lowest BCUT2D eigenvalue weighted by Crippen LogP contribution is -2.47. The SMILES string of the molecule is Br.COc1ccc(N2C3=[N+](CCCCC3)CC2(O)c2ccccc2OC)cc1. The third-order valence-electron chi connectivity index (χ3n) is 5.60. The predicted octanol–water partition coefficient (Wildman–Crippen LogP) is 3.93. The van der Waals surface area contributed by atoms with Crippen LogP contribution in [0.25, 0.3) is 0 Å². The normalized spacial score (nSPS) is 21.6. The summed E-state index contributed by atoms with van der Waals surface area (Å²) in [6.45, 7) is 1.51. The molecule has 5 nitrogen and oxygen atoms in total. The van der Waals surface area contributed by atoms with E-state index in [1.165, 1.54) is 12.3 Å². The van der Waals surface area contributed by atoms with Crippen molar-refractivity contribution in [2.45, 2.75) is 31.4 Å². The first-order valence-electron chi connectivity index (χ1n) is 9.58. The zero-order valence-corrected chi connectivity index (χ0v) is 18.1. The number of hydrogen-bond donors (Lipinski definition) is 1. The molecule has 4 rings (SSSR count). The number of aliphatic hydroxyl groups is 1. The Balaban J connectivity index is 0.00000225. The molecule has 0 saturated heterocycles. The number of ether oxygens (including phenoxy) is 2. The zero-order valence-electron chi connectivity index (χ0n) is 16.4. The summed E-state index contributed by atoms with van der Waals surface area (Å²) in [5.41, 5.74) is 0.584. The number of rotatable bonds is 4. The highest BCUT2D eigenvalue weighted by atomic mass is 79.9. The molecule has 0 aromatic heterocycles. The van der Waals surface area contributed by atoms with Gasteiger partial charge in [-0.25, -0.2) is 0 Å². The van der Waals surface area contributed by atoms with Gasteiger partial charge in [-0.3, -0.25) is 4.58 Å². The van der Waals surface area contributed by atoms with Gasteiger partial charge in [-0.15, -0.1) is 17.0 Å². The molecule has 1 unspecified atom stereocenters. The second-order valence-electron chi connectivity index (χ2n) is 7.20. The van der Waals surface area contributed by atoms with Crippen molar-refractivity contribution < 1.29 is 19.2 Å². The van der Waals surface area contributed by atoms with Crippen LogP contribution < -0.4 is 14.4 Å². The molecule has 2 aliphatic heterocycles. The molecule has 1 atom stereocenters.